The number of carbonyl (C=O) groups is 1. The molecule has 0 saturated carbocycles. The first kappa shape index (κ1) is 13.4. The van der Waals surface area contributed by atoms with Crippen LogP contribution in [0.2, 0.25) is 0 Å². The summed E-state index contributed by atoms with van der Waals surface area (Å²) in [5.41, 5.74) is 2.91. The van der Waals surface area contributed by atoms with Crippen LogP contribution in [0.15, 0.2) is 36.4 Å². The van der Waals surface area contributed by atoms with Gasteiger partial charge in [-0.1, -0.05) is 17.2 Å². The van der Waals surface area contributed by atoms with Crippen LogP contribution in [0.5, 0.6) is 0 Å². The van der Waals surface area contributed by atoms with Gasteiger partial charge in [-0.15, -0.1) is 0 Å². The van der Waals surface area contributed by atoms with Gasteiger partial charge >= 0.3 is 0 Å². The van der Waals surface area contributed by atoms with Gasteiger partial charge in [-0.3, -0.25) is 4.79 Å². The van der Waals surface area contributed by atoms with Crippen molar-refractivity contribution in [2.24, 2.45) is 0 Å². The molecule has 2 aromatic rings. The molecule has 0 N–H and O–H groups in total. The molecule has 0 radical (unpaired) electrons. The fraction of sp³-hybridized carbons (Fsp3) is 0.188. The Morgan fingerprint density at radius 2 is 1.42 bits per heavy atom. The van der Waals surface area contributed by atoms with Crippen LogP contribution in [0.3, 0.4) is 0 Å². The summed E-state index contributed by atoms with van der Waals surface area (Å²) in [6.45, 7) is 3.82. The Kier molecular flexibility index (Phi) is 3.74. The maximum Gasteiger partial charge on any atom is 0.167 e. The summed E-state index contributed by atoms with van der Waals surface area (Å²) in [7, 11) is 0. The Morgan fingerprint density at radius 1 is 0.895 bits per heavy atom. The first-order chi connectivity index (χ1) is 8.94. The Labute approximate surface area is 110 Å². The molecule has 0 unspecified atom stereocenters. The summed E-state index contributed by atoms with van der Waals surface area (Å²) in [6, 6.07) is 8.70. The molecule has 0 heterocycles. The topological polar surface area (TPSA) is 17.1 Å². The quantitative estimate of drug-likeness (QED) is 0.762. The van der Waals surface area contributed by atoms with Crippen LogP contribution in [0.25, 0.3) is 0 Å². The normalized spacial score (nSPS) is 10.5. The van der Waals surface area contributed by atoms with Gasteiger partial charge in [-0.05, 0) is 43.7 Å². The Hall–Kier alpha value is -2.03. The van der Waals surface area contributed by atoms with Gasteiger partial charge < -0.3 is 0 Å². The standard InChI is InChI=1S/C16H14F2O/c1-10-3-11(2)5-13(4-10)16(19)8-12-6-14(17)9-15(18)7-12/h3-7,9H,8H2,1-2H3. The van der Waals surface area contributed by atoms with Crippen LogP contribution < -0.4 is 0 Å². The Morgan fingerprint density at radius 3 is 1.95 bits per heavy atom. The molecule has 0 fully saturated rings. The maximum absolute atomic E-state index is 13.1. The molecule has 2 rings (SSSR count). The number of ketones is 1. The number of carbonyl (C=O) groups excluding carboxylic acids is 1. The number of aryl methyl sites for hydroxylation is 2. The van der Waals surface area contributed by atoms with Crippen molar-refractivity contribution in [3.05, 3.63) is 70.3 Å². The SMILES string of the molecule is Cc1cc(C)cc(C(=O)Cc2cc(F)cc(F)c2)c1. The molecule has 0 saturated heterocycles. The smallest absolute Gasteiger partial charge is 0.167 e. The van der Waals surface area contributed by atoms with E-state index < -0.39 is 11.6 Å². The second-order valence-corrected chi connectivity index (χ2v) is 4.75. The summed E-state index contributed by atoms with van der Waals surface area (Å²) in [6.07, 6.45) is -0.00241. The maximum atomic E-state index is 13.1. The van der Waals surface area contributed by atoms with E-state index in [-0.39, 0.29) is 12.2 Å². The second-order valence-electron chi connectivity index (χ2n) is 4.75. The molecule has 0 atom stereocenters. The first-order valence-electron chi connectivity index (χ1n) is 6.00. The van der Waals surface area contributed by atoms with Gasteiger partial charge in [0.2, 0.25) is 0 Å². The first-order valence-corrected chi connectivity index (χ1v) is 6.00. The third kappa shape index (κ3) is 3.47. The van der Waals surface area contributed by atoms with E-state index in [9.17, 15) is 13.6 Å². The molecule has 98 valence electrons. The summed E-state index contributed by atoms with van der Waals surface area (Å²) in [5, 5.41) is 0. The van der Waals surface area contributed by atoms with Crippen LogP contribution in [-0.4, -0.2) is 5.78 Å². The monoisotopic (exact) mass is 260 g/mol. The van der Waals surface area contributed by atoms with Crippen LogP contribution in [0.1, 0.15) is 27.0 Å². The number of hydrogen-bond donors (Lipinski definition) is 0. The molecule has 2 aromatic carbocycles. The zero-order valence-electron chi connectivity index (χ0n) is 10.8. The van der Waals surface area contributed by atoms with E-state index in [1.165, 1.54) is 12.1 Å². The number of hydrogen-bond acceptors (Lipinski definition) is 1. The third-order valence-electron chi connectivity index (χ3n) is 2.83. The number of Topliss-reactive ketones (excluding diaryl/α,β-unsaturated/α-hetero) is 1. The van der Waals surface area contributed by atoms with Crippen molar-refractivity contribution in [2.75, 3.05) is 0 Å². The minimum atomic E-state index is -0.664. The second kappa shape index (κ2) is 5.31. The highest BCUT2D eigenvalue weighted by Gasteiger charge is 2.10. The zero-order valence-corrected chi connectivity index (χ0v) is 10.8. The lowest BCUT2D eigenvalue weighted by molar-refractivity contribution is 0.0992. The van der Waals surface area contributed by atoms with Gasteiger partial charge in [0.15, 0.2) is 5.78 Å². The number of rotatable bonds is 3. The van der Waals surface area contributed by atoms with E-state index in [0.717, 1.165) is 17.2 Å². The average Bonchev–Trinajstić information content (AvgIpc) is 2.25. The van der Waals surface area contributed by atoms with Gasteiger partial charge in [0.05, 0.1) is 0 Å². The van der Waals surface area contributed by atoms with Crippen LogP contribution in [0, 0.1) is 25.5 Å². The highest BCUT2D eigenvalue weighted by molar-refractivity contribution is 5.97. The molecule has 0 aromatic heterocycles. The molecule has 3 heteroatoms. The van der Waals surface area contributed by atoms with Crippen molar-refractivity contribution in [1.29, 1.82) is 0 Å². The van der Waals surface area contributed by atoms with Crippen molar-refractivity contribution >= 4 is 5.78 Å². The summed E-state index contributed by atoms with van der Waals surface area (Å²) < 4.78 is 26.1. The molecule has 0 amide bonds. The highest BCUT2D eigenvalue weighted by atomic mass is 19.1. The minimum absolute atomic E-state index is 0.00241. The fourth-order valence-electron chi connectivity index (χ4n) is 2.14. The summed E-state index contributed by atoms with van der Waals surface area (Å²) in [5.74, 6) is -1.47. The molecule has 0 aliphatic heterocycles. The third-order valence-corrected chi connectivity index (χ3v) is 2.83. The van der Waals surface area contributed by atoms with Crippen molar-refractivity contribution in [1.82, 2.24) is 0 Å². The number of halogens is 2. The zero-order chi connectivity index (χ0) is 14.0. The van der Waals surface area contributed by atoms with Crippen molar-refractivity contribution in [2.45, 2.75) is 20.3 Å². The molecule has 0 aliphatic rings. The highest BCUT2D eigenvalue weighted by Crippen LogP contribution is 2.14. The molecule has 1 nitrogen and oxygen atoms in total. The molecule has 0 spiro atoms. The van der Waals surface area contributed by atoms with Gasteiger partial charge in [0.25, 0.3) is 0 Å². The lowest BCUT2D eigenvalue weighted by atomic mass is 9.99. The largest absolute Gasteiger partial charge is 0.294 e. The minimum Gasteiger partial charge on any atom is -0.294 e. The predicted octanol–water partition coefficient (Wildman–Crippen LogP) is 4.01. The lowest BCUT2D eigenvalue weighted by Crippen LogP contribution is -2.05. The summed E-state index contributed by atoms with van der Waals surface area (Å²) in [4.78, 5) is 12.1. The molecule has 19 heavy (non-hydrogen) atoms. The van der Waals surface area contributed by atoms with Crippen LogP contribution in [0.4, 0.5) is 8.78 Å². The van der Waals surface area contributed by atoms with Gasteiger partial charge in [-0.25, -0.2) is 8.78 Å². The van der Waals surface area contributed by atoms with E-state index in [2.05, 4.69) is 0 Å². The Bertz CT molecular complexity index is 592. The predicted molar refractivity (Wildman–Crippen MR) is 70.3 cm³/mol. The molecular weight excluding hydrogens is 246 g/mol. The number of benzene rings is 2. The van der Waals surface area contributed by atoms with Crippen molar-refractivity contribution < 1.29 is 13.6 Å². The lowest BCUT2D eigenvalue weighted by Gasteiger charge is -2.05. The molecular formula is C16H14F2O. The molecule has 0 aliphatic carbocycles. The fourth-order valence-corrected chi connectivity index (χ4v) is 2.14. The van der Waals surface area contributed by atoms with E-state index in [1.807, 2.05) is 19.9 Å². The van der Waals surface area contributed by atoms with Gasteiger partial charge in [-0.2, -0.15) is 0 Å². The Balaban J connectivity index is 2.25. The van der Waals surface area contributed by atoms with Crippen LogP contribution in [-0.2, 0) is 6.42 Å². The average molecular weight is 260 g/mol. The van der Waals surface area contributed by atoms with Gasteiger partial charge in [0, 0.05) is 18.1 Å². The summed E-state index contributed by atoms with van der Waals surface area (Å²) >= 11 is 0. The van der Waals surface area contributed by atoms with E-state index >= 15 is 0 Å². The van der Waals surface area contributed by atoms with E-state index in [0.29, 0.717) is 11.1 Å². The van der Waals surface area contributed by atoms with E-state index in [4.69, 9.17) is 0 Å². The van der Waals surface area contributed by atoms with Gasteiger partial charge in [0.1, 0.15) is 11.6 Å². The van der Waals surface area contributed by atoms with Crippen LogP contribution >= 0.6 is 0 Å². The van der Waals surface area contributed by atoms with Crippen molar-refractivity contribution in [3.8, 4) is 0 Å². The van der Waals surface area contributed by atoms with Crippen molar-refractivity contribution in [3.63, 3.8) is 0 Å². The molecule has 0 bridgehead atoms. The van der Waals surface area contributed by atoms with E-state index in [1.54, 1.807) is 12.1 Å².